The highest BCUT2D eigenvalue weighted by Gasteiger charge is 2.31. The number of ether oxygens (including phenoxy) is 1. The van der Waals surface area contributed by atoms with E-state index in [0.29, 0.717) is 30.6 Å². The molecule has 126 valence electrons. The van der Waals surface area contributed by atoms with Crippen LogP contribution >= 0.6 is 0 Å². The molecule has 24 heavy (non-hydrogen) atoms. The van der Waals surface area contributed by atoms with E-state index in [2.05, 4.69) is 5.32 Å². The monoisotopic (exact) mass is 329 g/mol. The molecule has 6 nitrogen and oxygen atoms in total. The summed E-state index contributed by atoms with van der Waals surface area (Å²) in [6, 6.07) is 10.9. The van der Waals surface area contributed by atoms with Gasteiger partial charge in [0.1, 0.15) is 12.4 Å². The first-order valence-electron chi connectivity index (χ1n) is 7.91. The molecule has 1 aliphatic rings. The molecule has 1 aliphatic carbocycles. The third-order valence-electron chi connectivity index (χ3n) is 4.21. The third kappa shape index (κ3) is 3.76. The molecule has 2 N–H and O–H groups in total. The van der Waals surface area contributed by atoms with E-state index in [-0.39, 0.29) is 30.2 Å². The number of para-hydroxylation sites is 1. The maximum atomic E-state index is 12.4. The molecule has 1 amide bonds. The van der Waals surface area contributed by atoms with Crippen molar-refractivity contribution in [3.8, 4) is 5.75 Å². The van der Waals surface area contributed by atoms with Crippen molar-refractivity contribution in [2.45, 2.75) is 31.9 Å². The van der Waals surface area contributed by atoms with Gasteiger partial charge in [-0.3, -0.25) is 9.59 Å². The summed E-state index contributed by atoms with van der Waals surface area (Å²) < 4.78 is 10.9. The minimum absolute atomic E-state index is 0.133. The number of aliphatic carboxylic acids is 1. The van der Waals surface area contributed by atoms with Gasteiger partial charge in [-0.15, -0.1) is 0 Å². The normalized spacial score (nSPS) is 19.8. The molecule has 1 saturated carbocycles. The molecule has 1 heterocycles. The fraction of sp³-hybridized carbons (Fsp3) is 0.333. The van der Waals surface area contributed by atoms with E-state index >= 15 is 0 Å². The van der Waals surface area contributed by atoms with Crippen LogP contribution in [0.1, 0.15) is 35.4 Å². The van der Waals surface area contributed by atoms with Crippen LogP contribution in [0.4, 0.5) is 0 Å². The van der Waals surface area contributed by atoms with E-state index in [0.717, 1.165) is 0 Å². The number of rotatable bonds is 6. The number of carbonyl (C=O) groups excluding carboxylic acids is 1. The smallest absolute Gasteiger partial charge is 0.306 e. The lowest BCUT2D eigenvalue weighted by Crippen LogP contribution is -2.33. The molecule has 2 atom stereocenters. The van der Waals surface area contributed by atoms with Crippen molar-refractivity contribution in [2.24, 2.45) is 5.92 Å². The average Bonchev–Trinajstić information content (AvgIpc) is 3.23. The molecular weight excluding hydrogens is 310 g/mol. The number of benzene rings is 1. The summed E-state index contributed by atoms with van der Waals surface area (Å²) in [6.45, 7) is 0.228. The van der Waals surface area contributed by atoms with E-state index in [4.69, 9.17) is 14.3 Å². The Morgan fingerprint density at radius 1 is 1.21 bits per heavy atom. The van der Waals surface area contributed by atoms with Gasteiger partial charge in [0.15, 0.2) is 5.76 Å². The maximum Gasteiger partial charge on any atom is 0.306 e. The Kier molecular flexibility index (Phi) is 4.84. The molecule has 2 aromatic rings. The summed E-state index contributed by atoms with van der Waals surface area (Å²) in [5.74, 6) is -0.591. The van der Waals surface area contributed by atoms with Crippen LogP contribution in [0.2, 0.25) is 0 Å². The molecule has 1 aromatic carbocycles. The molecule has 1 aromatic heterocycles. The zero-order valence-electron chi connectivity index (χ0n) is 13.1. The highest BCUT2D eigenvalue weighted by molar-refractivity contribution is 5.93. The van der Waals surface area contributed by atoms with Gasteiger partial charge in [0.2, 0.25) is 0 Å². The van der Waals surface area contributed by atoms with E-state index in [9.17, 15) is 9.59 Å². The minimum Gasteiger partial charge on any atom is -0.489 e. The molecule has 6 heteroatoms. The van der Waals surface area contributed by atoms with Crippen molar-refractivity contribution in [2.75, 3.05) is 0 Å². The summed E-state index contributed by atoms with van der Waals surface area (Å²) in [4.78, 5) is 23.4. The van der Waals surface area contributed by atoms with Crippen LogP contribution in [-0.4, -0.2) is 23.0 Å². The summed E-state index contributed by atoms with van der Waals surface area (Å²) in [5.41, 5.74) is 0.657. The molecule has 0 saturated heterocycles. The number of nitrogens with one attached hydrogen (secondary N) is 1. The second kappa shape index (κ2) is 7.21. The first-order valence-corrected chi connectivity index (χ1v) is 7.91. The van der Waals surface area contributed by atoms with Gasteiger partial charge in [0.25, 0.3) is 5.91 Å². The fourth-order valence-electron chi connectivity index (χ4n) is 2.91. The molecular formula is C18H19NO5. The molecule has 0 aliphatic heterocycles. The lowest BCUT2D eigenvalue weighted by Gasteiger charge is -2.12. The largest absolute Gasteiger partial charge is 0.489 e. The van der Waals surface area contributed by atoms with E-state index < -0.39 is 5.97 Å². The first kappa shape index (κ1) is 16.1. The highest BCUT2D eigenvalue weighted by Crippen LogP contribution is 2.26. The van der Waals surface area contributed by atoms with Crippen molar-refractivity contribution < 1.29 is 23.8 Å². The summed E-state index contributed by atoms with van der Waals surface area (Å²) in [5, 5.41) is 11.9. The summed E-state index contributed by atoms with van der Waals surface area (Å²) in [7, 11) is 0. The first-order chi connectivity index (χ1) is 11.6. The zero-order valence-corrected chi connectivity index (χ0v) is 13.1. The topological polar surface area (TPSA) is 88.8 Å². The van der Waals surface area contributed by atoms with Crippen molar-refractivity contribution in [3.63, 3.8) is 0 Å². The van der Waals surface area contributed by atoms with Crippen LogP contribution in [-0.2, 0) is 11.4 Å². The maximum absolute atomic E-state index is 12.4. The number of furan rings is 1. The average molecular weight is 329 g/mol. The van der Waals surface area contributed by atoms with Gasteiger partial charge in [0.05, 0.1) is 12.2 Å². The van der Waals surface area contributed by atoms with Crippen molar-refractivity contribution in [1.29, 1.82) is 0 Å². The van der Waals surface area contributed by atoms with Gasteiger partial charge in [-0.25, -0.2) is 0 Å². The van der Waals surface area contributed by atoms with Crippen LogP contribution < -0.4 is 10.1 Å². The fourth-order valence-corrected chi connectivity index (χ4v) is 2.91. The number of carboxylic acid groups (broad SMARTS) is 1. The van der Waals surface area contributed by atoms with Crippen LogP contribution in [0, 0.1) is 5.92 Å². The standard InChI is InChI=1S/C18H19NO5/c20-17(19-14-7-6-12(10-14)18(21)22)16-13(8-9-23-16)11-24-15-4-2-1-3-5-15/h1-5,8-9,12,14H,6-7,10-11H2,(H,19,20)(H,21,22)/t12-,14+/m0/s1. The second-order valence-electron chi connectivity index (χ2n) is 5.90. The highest BCUT2D eigenvalue weighted by atomic mass is 16.5. The summed E-state index contributed by atoms with van der Waals surface area (Å²) in [6.07, 6.45) is 3.16. The quantitative estimate of drug-likeness (QED) is 0.851. The Hall–Kier alpha value is -2.76. The summed E-state index contributed by atoms with van der Waals surface area (Å²) >= 11 is 0. The minimum atomic E-state index is -0.804. The number of carboxylic acids is 1. The number of hydrogen-bond donors (Lipinski definition) is 2. The van der Waals surface area contributed by atoms with Gasteiger partial charge < -0.3 is 19.6 Å². The molecule has 0 spiro atoms. The zero-order chi connectivity index (χ0) is 16.9. The van der Waals surface area contributed by atoms with Crippen molar-refractivity contribution >= 4 is 11.9 Å². The van der Waals surface area contributed by atoms with Crippen molar-refractivity contribution in [3.05, 3.63) is 54.0 Å². The van der Waals surface area contributed by atoms with Crippen LogP contribution in [0.25, 0.3) is 0 Å². The van der Waals surface area contributed by atoms with Crippen molar-refractivity contribution in [1.82, 2.24) is 5.32 Å². The molecule has 3 rings (SSSR count). The lowest BCUT2D eigenvalue weighted by atomic mass is 10.1. The van der Waals surface area contributed by atoms with Gasteiger partial charge in [-0.1, -0.05) is 18.2 Å². The Labute approximate surface area is 139 Å². The SMILES string of the molecule is O=C(N[C@@H]1CC[C@H](C(=O)O)C1)c1occc1COc1ccccc1. The Balaban J connectivity index is 1.58. The van der Waals surface area contributed by atoms with Crippen LogP contribution in [0.15, 0.2) is 47.1 Å². The van der Waals surface area contributed by atoms with Gasteiger partial charge in [0, 0.05) is 11.6 Å². The Morgan fingerprint density at radius 2 is 2.00 bits per heavy atom. The van der Waals surface area contributed by atoms with Gasteiger partial charge in [-0.2, -0.15) is 0 Å². The van der Waals surface area contributed by atoms with E-state index in [1.165, 1.54) is 6.26 Å². The predicted molar refractivity (Wildman–Crippen MR) is 85.7 cm³/mol. The Bertz CT molecular complexity index is 709. The second-order valence-corrected chi connectivity index (χ2v) is 5.90. The van der Waals surface area contributed by atoms with E-state index in [1.54, 1.807) is 6.07 Å². The molecule has 0 radical (unpaired) electrons. The van der Waals surface area contributed by atoms with Gasteiger partial charge >= 0.3 is 5.97 Å². The lowest BCUT2D eigenvalue weighted by molar-refractivity contribution is -0.141. The third-order valence-corrected chi connectivity index (χ3v) is 4.21. The molecule has 1 fully saturated rings. The van der Waals surface area contributed by atoms with Crippen LogP contribution in [0.5, 0.6) is 5.75 Å². The number of carbonyl (C=O) groups is 2. The Morgan fingerprint density at radius 3 is 2.71 bits per heavy atom. The number of amides is 1. The van der Waals surface area contributed by atoms with E-state index in [1.807, 2.05) is 30.3 Å². The van der Waals surface area contributed by atoms with Crippen LogP contribution in [0.3, 0.4) is 0 Å². The number of hydrogen-bond acceptors (Lipinski definition) is 4. The molecule has 0 bridgehead atoms. The molecule has 0 unspecified atom stereocenters. The van der Waals surface area contributed by atoms with Gasteiger partial charge in [-0.05, 0) is 37.5 Å². The predicted octanol–water partition coefficient (Wildman–Crippen LogP) is 2.84.